The van der Waals surface area contributed by atoms with Crippen LogP contribution in [0.3, 0.4) is 0 Å². The standard InChI is InChI=1S/C34H33N7O3/c1-41-29(15-21-5-3-2-4-6-21)37-16-25(34(41)42)23-9-7-22(8-10-23)19-43-32-31-27(17-38-33(32)35)28(20-44-31)26-18-39-40-30(26)24-11-13-36-14-12-24/h2-10,16-18,20,24,36H,11-15,19H2,1H3,(H2,35,38)(H,39,40). The van der Waals surface area contributed by atoms with Crippen LogP contribution in [0, 0.1) is 0 Å². The summed E-state index contributed by atoms with van der Waals surface area (Å²) in [5, 5.41) is 11.8. The number of hydrogen-bond donors (Lipinski definition) is 3. The smallest absolute Gasteiger partial charge is 0.261 e. The predicted molar refractivity (Wildman–Crippen MR) is 169 cm³/mol. The number of hydrogen-bond acceptors (Lipinski definition) is 8. The molecule has 10 heteroatoms. The van der Waals surface area contributed by atoms with Crippen LogP contribution in [-0.2, 0) is 20.1 Å². The molecule has 1 aliphatic rings. The molecular formula is C34H33N7O3. The number of piperidine rings is 1. The van der Waals surface area contributed by atoms with Crippen molar-refractivity contribution < 1.29 is 9.15 Å². The van der Waals surface area contributed by atoms with Gasteiger partial charge < -0.3 is 20.2 Å². The number of aromatic nitrogens is 5. The second-order valence-electron chi connectivity index (χ2n) is 11.2. The van der Waals surface area contributed by atoms with Crippen molar-refractivity contribution in [2.45, 2.75) is 31.8 Å². The van der Waals surface area contributed by atoms with Crippen LogP contribution < -0.4 is 21.3 Å². The zero-order valence-electron chi connectivity index (χ0n) is 24.4. The summed E-state index contributed by atoms with van der Waals surface area (Å²) in [7, 11) is 1.76. The van der Waals surface area contributed by atoms with E-state index in [1.165, 1.54) is 0 Å². The summed E-state index contributed by atoms with van der Waals surface area (Å²) >= 11 is 0. The van der Waals surface area contributed by atoms with Crippen LogP contribution in [-0.4, -0.2) is 37.8 Å². The van der Waals surface area contributed by atoms with Crippen molar-refractivity contribution in [3.05, 3.63) is 112 Å². The lowest BCUT2D eigenvalue weighted by Crippen LogP contribution is -2.27. The zero-order chi connectivity index (χ0) is 30.0. The molecule has 0 spiro atoms. The number of benzene rings is 2. The number of furan rings is 1. The Morgan fingerprint density at radius 1 is 0.955 bits per heavy atom. The van der Waals surface area contributed by atoms with Crippen molar-refractivity contribution in [1.82, 2.24) is 30.0 Å². The molecule has 0 saturated carbocycles. The van der Waals surface area contributed by atoms with Crippen LogP contribution in [0.2, 0.25) is 0 Å². The van der Waals surface area contributed by atoms with Gasteiger partial charge in [-0.05, 0) is 42.6 Å². The molecule has 4 N–H and O–H groups in total. The van der Waals surface area contributed by atoms with E-state index in [9.17, 15) is 4.79 Å². The van der Waals surface area contributed by atoms with Gasteiger partial charge in [-0.25, -0.2) is 9.97 Å². The molecule has 2 aromatic carbocycles. The first kappa shape index (κ1) is 27.6. The second kappa shape index (κ2) is 11.8. The average molecular weight is 588 g/mol. The first-order chi connectivity index (χ1) is 21.6. The number of rotatable bonds is 8. The largest absolute Gasteiger partial charge is 0.482 e. The van der Waals surface area contributed by atoms with E-state index < -0.39 is 0 Å². The Kier molecular flexibility index (Phi) is 7.41. The number of anilines is 1. The topological polar surface area (TPSA) is 137 Å². The number of aromatic amines is 1. The van der Waals surface area contributed by atoms with Gasteiger partial charge in [0, 0.05) is 48.6 Å². The van der Waals surface area contributed by atoms with Crippen LogP contribution in [0.25, 0.3) is 33.2 Å². The third-order valence-corrected chi connectivity index (χ3v) is 8.43. The Hall–Kier alpha value is -5.22. The van der Waals surface area contributed by atoms with E-state index in [4.69, 9.17) is 14.9 Å². The van der Waals surface area contributed by atoms with Crippen molar-refractivity contribution in [3.63, 3.8) is 0 Å². The summed E-state index contributed by atoms with van der Waals surface area (Å²) in [4.78, 5) is 22.2. The highest BCUT2D eigenvalue weighted by Gasteiger charge is 2.24. The molecule has 1 fully saturated rings. The lowest BCUT2D eigenvalue weighted by Gasteiger charge is -2.22. The lowest BCUT2D eigenvalue weighted by molar-refractivity contribution is 0.306. The van der Waals surface area contributed by atoms with Crippen molar-refractivity contribution >= 4 is 16.8 Å². The normalized spacial score (nSPS) is 13.8. The molecule has 10 nitrogen and oxygen atoms in total. The summed E-state index contributed by atoms with van der Waals surface area (Å²) < 4.78 is 13.8. The molecule has 1 aliphatic heterocycles. The van der Waals surface area contributed by atoms with Gasteiger partial charge in [-0.15, -0.1) is 0 Å². The highest BCUT2D eigenvalue weighted by atomic mass is 16.5. The summed E-state index contributed by atoms with van der Waals surface area (Å²) in [6.07, 6.45) is 9.64. The third-order valence-electron chi connectivity index (χ3n) is 8.43. The van der Waals surface area contributed by atoms with Crippen molar-refractivity contribution in [2.75, 3.05) is 18.8 Å². The second-order valence-corrected chi connectivity index (χ2v) is 11.2. The highest BCUT2D eigenvalue weighted by molar-refractivity contribution is 5.98. The zero-order valence-corrected chi connectivity index (χ0v) is 24.4. The molecule has 7 rings (SSSR count). The molecule has 0 atom stereocenters. The van der Waals surface area contributed by atoms with Crippen molar-refractivity contribution in [3.8, 4) is 28.0 Å². The number of pyridine rings is 1. The molecule has 1 saturated heterocycles. The number of fused-ring (bicyclic) bond motifs is 1. The number of nitrogens with one attached hydrogen (secondary N) is 2. The Bertz CT molecular complexity index is 1970. The average Bonchev–Trinajstić information content (AvgIpc) is 3.72. The van der Waals surface area contributed by atoms with E-state index in [1.807, 2.05) is 60.8 Å². The van der Waals surface area contributed by atoms with E-state index in [2.05, 4.69) is 25.5 Å². The SMILES string of the molecule is Cn1c(Cc2ccccc2)ncc(-c2ccc(COc3c(N)ncc4c(-c5cn[nH]c5C5CCNCC5)coc34)cc2)c1=O. The third kappa shape index (κ3) is 5.24. The van der Waals surface area contributed by atoms with Crippen LogP contribution in [0.15, 0.2) is 88.7 Å². The van der Waals surface area contributed by atoms with Gasteiger partial charge in [0.05, 0.1) is 17.1 Å². The maximum atomic E-state index is 13.2. The molecule has 44 heavy (non-hydrogen) atoms. The number of ether oxygens (including phenoxy) is 1. The summed E-state index contributed by atoms with van der Waals surface area (Å²) in [5.74, 6) is 1.77. The molecule has 5 heterocycles. The monoisotopic (exact) mass is 587 g/mol. The fourth-order valence-corrected chi connectivity index (χ4v) is 5.92. The minimum atomic E-state index is -0.0880. The highest BCUT2D eigenvalue weighted by Crippen LogP contribution is 2.41. The predicted octanol–water partition coefficient (Wildman–Crippen LogP) is 5.20. The van der Waals surface area contributed by atoms with Gasteiger partial charge in [-0.2, -0.15) is 5.10 Å². The van der Waals surface area contributed by atoms with Crippen LogP contribution >= 0.6 is 0 Å². The van der Waals surface area contributed by atoms with Crippen LogP contribution in [0.5, 0.6) is 5.75 Å². The summed E-state index contributed by atoms with van der Waals surface area (Å²) in [6.45, 7) is 2.22. The van der Waals surface area contributed by atoms with E-state index in [-0.39, 0.29) is 18.0 Å². The first-order valence-corrected chi connectivity index (χ1v) is 14.8. The molecule has 0 unspecified atom stereocenters. The van der Waals surface area contributed by atoms with E-state index in [0.29, 0.717) is 35.1 Å². The lowest BCUT2D eigenvalue weighted by atomic mass is 9.90. The number of nitrogens with zero attached hydrogens (tertiary/aromatic N) is 4. The Morgan fingerprint density at radius 3 is 2.55 bits per heavy atom. The van der Waals surface area contributed by atoms with Crippen molar-refractivity contribution in [2.24, 2.45) is 7.05 Å². The molecular weight excluding hydrogens is 554 g/mol. The van der Waals surface area contributed by atoms with Gasteiger partial charge in [0.2, 0.25) is 5.75 Å². The van der Waals surface area contributed by atoms with Gasteiger partial charge in [0.25, 0.3) is 5.56 Å². The molecule has 0 aliphatic carbocycles. The molecule has 0 bridgehead atoms. The molecule has 0 amide bonds. The van der Waals surface area contributed by atoms with Gasteiger partial charge in [0.15, 0.2) is 11.4 Å². The minimum Gasteiger partial charge on any atom is -0.482 e. The van der Waals surface area contributed by atoms with E-state index >= 15 is 0 Å². The van der Waals surface area contributed by atoms with E-state index in [1.54, 1.807) is 30.3 Å². The van der Waals surface area contributed by atoms with Gasteiger partial charge in [0.1, 0.15) is 18.7 Å². The van der Waals surface area contributed by atoms with Crippen LogP contribution in [0.4, 0.5) is 5.82 Å². The van der Waals surface area contributed by atoms with Gasteiger partial charge >= 0.3 is 0 Å². The Labute approximate surface area is 253 Å². The first-order valence-electron chi connectivity index (χ1n) is 14.8. The minimum absolute atomic E-state index is 0.0880. The van der Waals surface area contributed by atoms with Crippen molar-refractivity contribution in [1.29, 1.82) is 0 Å². The molecule has 222 valence electrons. The fourth-order valence-electron chi connectivity index (χ4n) is 5.92. The summed E-state index contributed by atoms with van der Waals surface area (Å²) in [5.41, 5.74) is 13.1. The number of H-pyrrole nitrogens is 1. The number of nitrogens with two attached hydrogens (primary N) is 1. The molecule has 6 aromatic rings. The fraction of sp³-hybridized carbons (Fsp3) is 0.235. The Balaban J connectivity index is 1.09. The summed E-state index contributed by atoms with van der Waals surface area (Å²) in [6, 6.07) is 17.7. The maximum Gasteiger partial charge on any atom is 0.261 e. The maximum absolute atomic E-state index is 13.2. The molecule has 4 aromatic heterocycles. The van der Waals surface area contributed by atoms with Crippen LogP contribution in [0.1, 0.15) is 41.4 Å². The number of nitrogen functional groups attached to an aromatic ring is 1. The van der Waals surface area contributed by atoms with E-state index in [0.717, 1.165) is 64.8 Å². The van der Waals surface area contributed by atoms with Gasteiger partial charge in [-0.1, -0.05) is 54.6 Å². The van der Waals surface area contributed by atoms with Gasteiger partial charge in [-0.3, -0.25) is 14.5 Å². The molecule has 0 radical (unpaired) electrons. The Morgan fingerprint density at radius 2 is 1.75 bits per heavy atom. The quantitative estimate of drug-likeness (QED) is 0.221.